The van der Waals surface area contributed by atoms with Crippen LogP contribution in [0.5, 0.6) is 11.5 Å². The summed E-state index contributed by atoms with van der Waals surface area (Å²) in [5.74, 6) is 1.02. The maximum Gasteiger partial charge on any atom is 0.261 e. The van der Waals surface area contributed by atoms with Crippen LogP contribution >= 0.6 is 0 Å². The number of hydrogen-bond donors (Lipinski definition) is 2. The molecule has 0 aromatic heterocycles. The summed E-state index contributed by atoms with van der Waals surface area (Å²) >= 11 is 0. The molecule has 1 amide bonds. The van der Waals surface area contributed by atoms with Crippen LogP contribution in [0.1, 0.15) is 28.4 Å². The number of hydrogen-bond acceptors (Lipinski definition) is 5. The van der Waals surface area contributed by atoms with Crippen molar-refractivity contribution in [1.82, 2.24) is 5.32 Å². The van der Waals surface area contributed by atoms with Crippen molar-refractivity contribution in [3.05, 3.63) is 83.4 Å². The van der Waals surface area contributed by atoms with Crippen LogP contribution in [0.4, 0.5) is 5.69 Å². The number of ether oxygens (including phenoxy) is 2. The third-order valence-electron chi connectivity index (χ3n) is 4.75. The van der Waals surface area contributed by atoms with Crippen LogP contribution in [0, 0.1) is 6.92 Å². The van der Waals surface area contributed by atoms with Crippen LogP contribution in [0.15, 0.2) is 71.6 Å². The molecule has 0 spiro atoms. The number of anilines is 1. The Morgan fingerprint density at radius 3 is 2.44 bits per heavy atom. The van der Waals surface area contributed by atoms with Gasteiger partial charge in [-0.1, -0.05) is 18.2 Å². The number of benzene rings is 3. The number of sulfonamides is 1. The Balaban J connectivity index is 1.70. The van der Waals surface area contributed by atoms with Gasteiger partial charge in [-0.05, 0) is 73.5 Å². The SMILES string of the molecule is CCOc1ccc(NS(=O)(=O)c2cccc(C(=O)NCc3ccc(C)c(OC)c3)c2)cc1. The predicted octanol–water partition coefficient (Wildman–Crippen LogP) is 4.13. The lowest BCUT2D eigenvalue weighted by molar-refractivity contribution is 0.0950. The predicted molar refractivity (Wildman–Crippen MR) is 124 cm³/mol. The Labute approximate surface area is 188 Å². The summed E-state index contributed by atoms with van der Waals surface area (Å²) in [6.45, 7) is 4.63. The molecular formula is C24H26N2O5S. The van der Waals surface area contributed by atoms with Gasteiger partial charge in [-0.15, -0.1) is 0 Å². The van der Waals surface area contributed by atoms with Gasteiger partial charge in [0.15, 0.2) is 0 Å². The van der Waals surface area contributed by atoms with Crippen LogP contribution in [0.3, 0.4) is 0 Å². The lowest BCUT2D eigenvalue weighted by Gasteiger charge is -2.11. The standard InChI is InChI=1S/C24H26N2O5S/c1-4-31-21-12-10-20(11-13-21)26-32(28,29)22-7-5-6-19(15-22)24(27)25-16-18-9-8-17(2)23(14-18)30-3/h5-15,26H,4,16H2,1-3H3,(H,25,27). The van der Waals surface area contributed by atoms with Crippen LogP contribution in [0.25, 0.3) is 0 Å². The quantitative estimate of drug-likeness (QED) is 0.507. The van der Waals surface area contributed by atoms with Gasteiger partial charge in [0.05, 0.1) is 18.6 Å². The van der Waals surface area contributed by atoms with Crippen molar-refractivity contribution in [3.8, 4) is 11.5 Å². The molecule has 7 nitrogen and oxygen atoms in total. The summed E-state index contributed by atoms with van der Waals surface area (Å²) in [6, 6.07) is 18.2. The third-order valence-corrected chi connectivity index (χ3v) is 6.13. The lowest BCUT2D eigenvalue weighted by atomic mass is 10.1. The maximum atomic E-state index is 12.8. The number of nitrogens with one attached hydrogen (secondary N) is 2. The molecule has 3 aromatic rings. The van der Waals surface area contributed by atoms with E-state index in [9.17, 15) is 13.2 Å². The third kappa shape index (κ3) is 5.79. The van der Waals surface area contributed by atoms with Gasteiger partial charge in [0, 0.05) is 17.8 Å². The Morgan fingerprint density at radius 1 is 1.00 bits per heavy atom. The monoisotopic (exact) mass is 454 g/mol. The van der Waals surface area contributed by atoms with Crippen molar-refractivity contribution in [2.24, 2.45) is 0 Å². The van der Waals surface area contributed by atoms with E-state index in [4.69, 9.17) is 9.47 Å². The lowest BCUT2D eigenvalue weighted by Crippen LogP contribution is -2.23. The van der Waals surface area contributed by atoms with E-state index in [1.54, 1.807) is 37.4 Å². The highest BCUT2D eigenvalue weighted by Gasteiger charge is 2.17. The fourth-order valence-electron chi connectivity index (χ4n) is 3.06. The van der Waals surface area contributed by atoms with E-state index in [1.165, 1.54) is 18.2 Å². The molecule has 0 aliphatic heterocycles. The van der Waals surface area contributed by atoms with Gasteiger partial charge in [0.2, 0.25) is 0 Å². The van der Waals surface area contributed by atoms with Gasteiger partial charge < -0.3 is 14.8 Å². The van der Waals surface area contributed by atoms with E-state index in [1.807, 2.05) is 32.0 Å². The Bertz CT molecular complexity index is 1190. The molecule has 3 rings (SSSR count). The van der Waals surface area contributed by atoms with Crippen molar-refractivity contribution < 1.29 is 22.7 Å². The fourth-order valence-corrected chi connectivity index (χ4v) is 4.17. The number of amides is 1. The topological polar surface area (TPSA) is 93.7 Å². The van der Waals surface area contributed by atoms with Crippen molar-refractivity contribution in [2.75, 3.05) is 18.4 Å². The minimum Gasteiger partial charge on any atom is -0.496 e. The average Bonchev–Trinajstić information content (AvgIpc) is 2.79. The molecule has 0 atom stereocenters. The zero-order valence-corrected chi connectivity index (χ0v) is 19.0. The van der Waals surface area contributed by atoms with Crippen LogP contribution in [-0.2, 0) is 16.6 Å². The molecule has 0 heterocycles. The second kappa shape index (κ2) is 10.2. The summed E-state index contributed by atoms with van der Waals surface area (Å²) in [6.07, 6.45) is 0. The van der Waals surface area contributed by atoms with Gasteiger partial charge in [0.25, 0.3) is 15.9 Å². The molecular weight excluding hydrogens is 428 g/mol. The minimum atomic E-state index is -3.86. The molecule has 0 aliphatic carbocycles. The fraction of sp³-hybridized carbons (Fsp3) is 0.208. The summed E-state index contributed by atoms with van der Waals surface area (Å²) in [5.41, 5.74) is 2.53. The maximum absolute atomic E-state index is 12.8. The van der Waals surface area contributed by atoms with E-state index in [-0.39, 0.29) is 22.9 Å². The Morgan fingerprint density at radius 2 is 1.75 bits per heavy atom. The van der Waals surface area contributed by atoms with Crippen molar-refractivity contribution in [3.63, 3.8) is 0 Å². The average molecular weight is 455 g/mol. The highest BCUT2D eigenvalue weighted by atomic mass is 32.2. The van der Waals surface area contributed by atoms with Gasteiger partial charge in [-0.2, -0.15) is 0 Å². The molecule has 3 aromatic carbocycles. The van der Waals surface area contributed by atoms with Crippen molar-refractivity contribution >= 4 is 21.6 Å². The van der Waals surface area contributed by atoms with Gasteiger partial charge in [-0.25, -0.2) is 8.42 Å². The van der Waals surface area contributed by atoms with Gasteiger partial charge in [0.1, 0.15) is 11.5 Å². The van der Waals surface area contributed by atoms with E-state index in [0.29, 0.717) is 18.0 Å². The zero-order chi connectivity index (χ0) is 23.1. The summed E-state index contributed by atoms with van der Waals surface area (Å²) in [7, 11) is -2.27. The van der Waals surface area contributed by atoms with E-state index < -0.39 is 10.0 Å². The number of carbonyl (C=O) groups is 1. The molecule has 0 fully saturated rings. The molecule has 0 aliphatic rings. The van der Waals surface area contributed by atoms with Gasteiger partial charge in [-0.3, -0.25) is 9.52 Å². The normalized spacial score (nSPS) is 11.0. The first-order chi connectivity index (χ1) is 15.3. The minimum absolute atomic E-state index is 0.00367. The number of aryl methyl sites for hydroxylation is 1. The number of methoxy groups -OCH3 is 1. The Hall–Kier alpha value is -3.52. The molecule has 2 N–H and O–H groups in total. The van der Waals surface area contributed by atoms with Crippen LogP contribution in [-0.4, -0.2) is 28.0 Å². The van der Waals surface area contributed by atoms with E-state index in [2.05, 4.69) is 10.0 Å². The van der Waals surface area contributed by atoms with E-state index in [0.717, 1.165) is 16.9 Å². The van der Waals surface area contributed by atoms with Crippen molar-refractivity contribution in [2.45, 2.75) is 25.3 Å². The molecule has 0 bridgehead atoms. The van der Waals surface area contributed by atoms with Gasteiger partial charge >= 0.3 is 0 Å². The molecule has 0 saturated heterocycles. The van der Waals surface area contributed by atoms with Crippen LogP contribution < -0.4 is 19.5 Å². The second-order valence-corrected chi connectivity index (χ2v) is 8.76. The Kier molecular flexibility index (Phi) is 7.37. The smallest absolute Gasteiger partial charge is 0.261 e. The summed E-state index contributed by atoms with van der Waals surface area (Å²) in [5, 5.41) is 2.81. The van der Waals surface area contributed by atoms with Crippen LogP contribution in [0.2, 0.25) is 0 Å². The number of carbonyl (C=O) groups excluding carboxylic acids is 1. The van der Waals surface area contributed by atoms with Crippen molar-refractivity contribution in [1.29, 1.82) is 0 Å². The molecule has 168 valence electrons. The molecule has 0 unspecified atom stereocenters. The largest absolute Gasteiger partial charge is 0.496 e. The second-order valence-electron chi connectivity index (χ2n) is 7.08. The summed E-state index contributed by atoms with van der Waals surface area (Å²) < 4.78 is 38.7. The first-order valence-corrected chi connectivity index (χ1v) is 11.6. The first kappa shape index (κ1) is 23.1. The molecule has 0 radical (unpaired) electrons. The van der Waals surface area contributed by atoms with E-state index >= 15 is 0 Å². The zero-order valence-electron chi connectivity index (χ0n) is 18.2. The molecule has 32 heavy (non-hydrogen) atoms. The molecule has 0 saturated carbocycles. The highest BCUT2D eigenvalue weighted by Crippen LogP contribution is 2.21. The highest BCUT2D eigenvalue weighted by molar-refractivity contribution is 7.92. The summed E-state index contributed by atoms with van der Waals surface area (Å²) in [4.78, 5) is 12.6. The first-order valence-electron chi connectivity index (χ1n) is 10.1. The number of rotatable bonds is 9. The molecule has 8 heteroatoms.